The van der Waals surface area contributed by atoms with Gasteiger partial charge in [-0.05, 0) is 42.0 Å². The van der Waals surface area contributed by atoms with E-state index in [1.165, 1.54) is 10.9 Å². The summed E-state index contributed by atoms with van der Waals surface area (Å²) in [5, 5.41) is 29.9. The minimum atomic E-state index is -1.26. The largest absolute Gasteiger partial charge is 0.394 e. The number of aromatic nitrogens is 4. The number of hydrogen-bond acceptors (Lipinski definition) is 8. The van der Waals surface area contributed by atoms with E-state index in [4.69, 9.17) is 16.3 Å². The predicted molar refractivity (Wildman–Crippen MR) is 113 cm³/mol. The van der Waals surface area contributed by atoms with Crippen molar-refractivity contribution in [3.05, 3.63) is 34.7 Å². The maximum Gasteiger partial charge on any atom is 0.226 e. The fourth-order valence-corrected chi connectivity index (χ4v) is 5.78. The molecule has 2 aliphatic carbocycles. The third-order valence-electron chi connectivity index (χ3n) is 7.24. The van der Waals surface area contributed by atoms with Crippen LogP contribution in [0, 0.1) is 5.41 Å². The van der Waals surface area contributed by atoms with Crippen LogP contribution in [-0.2, 0) is 4.74 Å². The van der Waals surface area contributed by atoms with Gasteiger partial charge in [0.15, 0.2) is 23.2 Å². The molecule has 4 aliphatic rings. The van der Waals surface area contributed by atoms with Gasteiger partial charge in [-0.1, -0.05) is 6.08 Å². The first-order valence-corrected chi connectivity index (χ1v) is 11.2. The molecule has 3 N–H and O–H groups in total. The summed E-state index contributed by atoms with van der Waals surface area (Å²) in [6, 6.07) is 0. The van der Waals surface area contributed by atoms with Gasteiger partial charge in [-0.25, -0.2) is 9.37 Å². The third-order valence-corrected chi connectivity index (χ3v) is 7.41. The molecule has 2 aromatic heterocycles. The molecule has 9 nitrogen and oxygen atoms in total. The lowest BCUT2D eigenvalue weighted by Gasteiger charge is -2.50. The standard InChI is InChI=1S/C21H23ClFN5O4/c22-20-25-17(27-7-21(8-27)5-4-10-11(21)2-1-3-12(10)23)14-18(26-20)28(9-24-14)19-16(31)15(30)13(6-29)32-19/h2,9,13,15-16,19,29-31H,1,3-8H2/t13-,15?,16?,19?/m1/s1. The van der Waals surface area contributed by atoms with Crippen molar-refractivity contribution in [3.8, 4) is 0 Å². The first-order valence-electron chi connectivity index (χ1n) is 10.8. The molecule has 0 amide bonds. The van der Waals surface area contributed by atoms with Crippen LogP contribution >= 0.6 is 11.6 Å². The molecular formula is C21H23ClFN5O4. The number of anilines is 1. The summed E-state index contributed by atoms with van der Waals surface area (Å²) in [4.78, 5) is 15.2. The molecule has 2 aromatic rings. The molecule has 11 heteroatoms. The fraction of sp³-hybridized carbons (Fsp3) is 0.571. The highest BCUT2D eigenvalue weighted by atomic mass is 35.5. The molecular weight excluding hydrogens is 441 g/mol. The highest BCUT2D eigenvalue weighted by Gasteiger charge is 2.52. The lowest BCUT2D eigenvalue weighted by molar-refractivity contribution is -0.0511. The van der Waals surface area contributed by atoms with E-state index >= 15 is 0 Å². The lowest BCUT2D eigenvalue weighted by atomic mass is 9.73. The quantitative estimate of drug-likeness (QED) is 0.588. The van der Waals surface area contributed by atoms with E-state index < -0.39 is 31.1 Å². The Morgan fingerprint density at radius 2 is 2.03 bits per heavy atom. The number of imidazole rings is 1. The summed E-state index contributed by atoms with van der Waals surface area (Å²) in [6.45, 7) is 0.961. The van der Waals surface area contributed by atoms with E-state index in [9.17, 15) is 19.7 Å². The molecule has 6 rings (SSSR count). The first kappa shape index (κ1) is 20.5. The van der Waals surface area contributed by atoms with E-state index in [0.29, 0.717) is 36.5 Å². The van der Waals surface area contributed by atoms with Gasteiger partial charge in [-0.15, -0.1) is 0 Å². The monoisotopic (exact) mass is 463 g/mol. The summed E-state index contributed by atoms with van der Waals surface area (Å²) in [5.41, 5.74) is 2.83. The zero-order valence-electron chi connectivity index (χ0n) is 17.2. The second kappa shape index (κ2) is 7.19. The average Bonchev–Trinajstić information content (AvgIpc) is 3.42. The van der Waals surface area contributed by atoms with Gasteiger partial charge in [0.05, 0.1) is 12.9 Å². The van der Waals surface area contributed by atoms with Crippen LogP contribution in [0.25, 0.3) is 11.2 Å². The van der Waals surface area contributed by atoms with Gasteiger partial charge in [-0.3, -0.25) is 4.57 Å². The average molecular weight is 464 g/mol. The van der Waals surface area contributed by atoms with Crippen molar-refractivity contribution in [2.75, 3.05) is 24.6 Å². The minimum absolute atomic E-state index is 0.0249. The number of aliphatic hydroxyl groups is 3. The van der Waals surface area contributed by atoms with Gasteiger partial charge in [0.2, 0.25) is 5.28 Å². The molecule has 1 spiro atoms. The number of hydrogen-bond donors (Lipinski definition) is 3. The number of rotatable bonds is 3. The topological polar surface area (TPSA) is 117 Å². The van der Waals surface area contributed by atoms with Crippen molar-refractivity contribution >= 4 is 28.6 Å². The van der Waals surface area contributed by atoms with E-state index in [1.54, 1.807) is 0 Å². The number of aliphatic hydroxyl groups excluding tert-OH is 3. The summed E-state index contributed by atoms with van der Waals surface area (Å²) in [5.74, 6) is 0.605. The van der Waals surface area contributed by atoms with E-state index in [-0.39, 0.29) is 16.5 Å². The SMILES string of the molecule is OC[C@H]1OC(n2cnc3c(N4CC5(CCC6=C(F)CCC=C65)C4)nc(Cl)nc32)C(O)C1O. The molecule has 32 heavy (non-hydrogen) atoms. The van der Waals surface area contributed by atoms with Crippen LogP contribution in [0.5, 0.6) is 0 Å². The van der Waals surface area contributed by atoms with Crippen LogP contribution in [0.1, 0.15) is 31.9 Å². The maximum atomic E-state index is 14.3. The highest BCUT2D eigenvalue weighted by Crippen LogP contribution is 2.55. The van der Waals surface area contributed by atoms with Crippen LogP contribution in [0.2, 0.25) is 5.28 Å². The number of nitrogens with zero attached hydrogens (tertiary/aromatic N) is 5. The molecule has 3 unspecified atom stereocenters. The van der Waals surface area contributed by atoms with Crippen molar-refractivity contribution < 1.29 is 24.4 Å². The van der Waals surface area contributed by atoms with Crippen LogP contribution in [0.4, 0.5) is 10.2 Å². The molecule has 2 aliphatic heterocycles. The Labute approximate surface area is 187 Å². The number of halogens is 2. The van der Waals surface area contributed by atoms with Crippen LogP contribution in [0.3, 0.4) is 0 Å². The predicted octanol–water partition coefficient (Wildman–Crippen LogP) is 1.64. The summed E-state index contributed by atoms with van der Waals surface area (Å²) >= 11 is 6.24. The molecule has 170 valence electrons. The number of ether oxygens (including phenoxy) is 1. The van der Waals surface area contributed by atoms with Gasteiger partial charge in [0, 0.05) is 24.9 Å². The zero-order valence-corrected chi connectivity index (χ0v) is 17.9. The number of fused-ring (bicyclic) bond motifs is 3. The molecule has 2 saturated heterocycles. The van der Waals surface area contributed by atoms with Gasteiger partial charge in [0.25, 0.3) is 0 Å². The van der Waals surface area contributed by atoms with Crippen molar-refractivity contribution in [3.63, 3.8) is 0 Å². The van der Waals surface area contributed by atoms with Crippen LogP contribution in [-0.4, -0.2) is 72.8 Å². The van der Waals surface area contributed by atoms with E-state index in [0.717, 1.165) is 30.4 Å². The molecule has 0 aromatic carbocycles. The molecule has 4 atom stereocenters. The summed E-state index contributed by atoms with van der Waals surface area (Å²) in [6.07, 6.45) is 2.20. The van der Waals surface area contributed by atoms with Gasteiger partial charge in [0.1, 0.15) is 24.1 Å². The smallest absolute Gasteiger partial charge is 0.226 e. The summed E-state index contributed by atoms with van der Waals surface area (Å²) in [7, 11) is 0. The Bertz CT molecular complexity index is 1160. The number of allylic oxidation sites excluding steroid dienone is 3. The Morgan fingerprint density at radius 1 is 1.22 bits per heavy atom. The molecule has 0 bridgehead atoms. The second-order valence-electron chi connectivity index (χ2n) is 9.05. The van der Waals surface area contributed by atoms with E-state index in [1.807, 2.05) is 0 Å². The van der Waals surface area contributed by atoms with Gasteiger partial charge in [-0.2, -0.15) is 9.97 Å². The minimum Gasteiger partial charge on any atom is -0.394 e. The van der Waals surface area contributed by atoms with Crippen molar-refractivity contribution in [2.24, 2.45) is 5.41 Å². The Balaban J connectivity index is 1.32. The van der Waals surface area contributed by atoms with Gasteiger partial charge >= 0.3 is 0 Å². The lowest BCUT2D eigenvalue weighted by Crippen LogP contribution is -2.56. The van der Waals surface area contributed by atoms with Crippen LogP contribution in [0.15, 0.2) is 29.4 Å². The normalized spacial score (nSPS) is 31.4. The molecule has 4 heterocycles. The Hall–Kier alpha value is -2.11. The van der Waals surface area contributed by atoms with Crippen molar-refractivity contribution in [1.29, 1.82) is 0 Å². The third kappa shape index (κ3) is 2.80. The second-order valence-corrected chi connectivity index (χ2v) is 9.38. The maximum absolute atomic E-state index is 14.3. The molecule has 0 radical (unpaired) electrons. The Morgan fingerprint density at radius 3 is 2.78 bits per heavy atom. The van der Waals surface area contributed by atoms with E-state index in [2.05, 4.69) is 25.9 Å². The Kier molecular flexibility index (Phi) is 4.61. The zero-order chi connectivity index (χ0) is 22.2. The fourth-order valence-electron chi connectivity index (χ4n) is 5.62. The molecule has 1 saturated carbocycles. The van der Waals surface area contributed by atoms with Crippen molar-refractivity contribution in [2.45, 2.75) is 50.2 Å². The first-order chi connectivity index (χ1) is 15.4. The van der Waals surface area contributed by atoms with Crippen LogP contribution < -0.4 is 4.90 Å². The molecule has 3 fully saturated rings. The van der Waals surface area contributed by atoms with Crippen molar-refractivity contribution in [1.82, 2.24) is 19.5 Å². The highest BCUT2D eigenvalue weighted by molar-refractivity contribution is 6.28. The van der Waals surface area contributed by atoms with Gasteiger partial charge < -0.3 is 25.0 Å². The summed E-state index contributed by atoms with van der Waals surface area (Å²) < 4.78 is 21.4.